The van der Waals surface area contributed by atoms with Gasteiger partial charge in [0, 0.05) is 67.0 Å². The molecule has 0 aliphatic carbocycles. The number of unbranched alkanes of at least 4 members (excludes halogenated alkanes) is 1. The second kappa shape index (κ2) is 9.87. The third-order valence-corrected chi connectivity index (χ3v) is 7.29. The Morgan fingerprint density at radius 1 is 1.06 bits per heavy atom. The lowest BCUT2D eigenvalue weighted by molar-refractivity contribution is 0.101. The molecule has 2 N–H and O–H groups in total. The molecule has 0 unspecified atom stereocenters. The van der Waals surface area contributed by atoms with Gasteiger partial charge in [-0.1, -0.05) is 0 Å². The smallest absolute Gasteiger partial charge is 0.235 e. The van der Waals surface area contributed by atoms with Crippen molar-refractivity contribution in [3.8, 4) is 23.0 Å². The molecule has 0 saturated carbocycles. The molecular weight excluding hydrogens is 458 g/mol. The number of likely N-dealkylation sites (N-methyl/N-ethyl adjacent to an activating group) is 1. The number of hydrogen-bond acceptors (Lipinski definition) is 7. The van der Waals surface area contributed by atoms with Crippen molar-refractivity contribution in [1.82, 2.24) is 14.4 Å². The third kappa shape index (κ3) is 4.54. The van der Waals surface area contributed by atoms with E-state index in [1.54, 1.807) is 13.2 Å². The van der Waals surface area contributed by atoms with Gasteiger partial charge in [-0.05, 0) is 57.6 Å². The number of piperazine rings is 1. The van der Waals surface area contributed by atoms with Crippen LogP contribution in [0.4, 0.5) is 0 Å². The van der Waals surface area contributed by atoms with E-state index < -0.39 is 5.78 Å². The summed E-state index contributed by atoms with van der Waals surface area (Å²) < 4.78 is 13.5. The van der Waals surface area contributed by atoms with E-state index in [0.717, 1.165) is 86.1 Å². The van der Waals surface area contributed by atoms with Crippen LogP contribution in [0.2, 0.25) is 0 Å². The molecule has 1 aromatic heterocycles. The molecule has 0 spiro atoms. The predicted octanol–water partition coefficient (Wildman–Crippen LogP) is 4.01. The van der Waals surface area contributed by atoms with Gasteiger partial charge in [0.15, 0.2) is 5.76 Å². The topological polar surface area (TPSA) is 87.4 Å². The molecule has 0 amide bonds. The zero-order valence-corrected chi connectivity index (χ0v) is 21.1. The van der Waals surface area contributed by atoms with E-state index in [0.29, 0.717) is 0 Å². The van der Waals surface area contributed by atoms with Gasteiger partial charge in [0.25, 0.3) is 0 Å². The van der Waals surface area contributed by atoms with Gasteiger partial charge in [-0.15, -0.1) is 0 Å². The lowest BCUT2D eigenvalue weighted by atomic mass is 10.1. The Morgan fingerprint density at radius 3 is 2.56 bits per heavy atom. The summed E-state index contributed by atoms with van der Waals surface area (Å²) in [6, 6.07) is 8.47. The number of methoxy groups -OCH3 is 1. The summed E-state index contributed by atoms with van der Waals surface area (Å²) in [6.07, 6.45) is 3.90. The summed E-state index contributed by atoms with van der Waals surface area (Å²) in [5.41, 5.74) is 3.05. The highest BCUT2D eigenvalue weighted by Gasteiger charge is 2.32. The number of aromatic hydroxyl groups is 2. The Kier molecular flexibility index (Phi) is 6.64. The first-order chi connectivity index (χ1) is 17.4. The SMILES string of the molecule is COc1ccc2c(c1)c(C=C1Oc3cc(O)cc(O)c3C1=O)c(C)n2CCCCN1CCN(C)CC1. The standard InChI is InChI=1S/C28H33N3O5/c1-18-21(17-26-28(34)27-24(33)14-19(32)15-25(27)36-26)22-16-20(35-3)6-7-23(22)31(18)9-5-4-8-30-12-10-29(2)11-13-30/h6-7,14-17,32-33H,4-5,8-13H2,1-3H3. The lowest BCUT2D eigenvalue weighted by Crippen LogP contribution is -2.44. The number of fused-ring (bicyclic) bond motifs is 2. The summed E-state index contributed by atoms with van der Waals surface area (Å²) >= 11 is 0. The highest BCUT2D eigenvalue weighted by atomic mass is 16.5. The number of nitrogens with zero attached hydrogens (tertiary/aromatic N) is 3. The van der Waals surface area contributed by atoms with Gasteiger partial charge in [0.2, 0.25) is 5.78 Å². The zero-order chi connectivity index (χ0) is 25.4. The molecule has 190 valence electrons. The molecule has 2 aromatic carbocycles. The fourth-order valence-corrected chi connectivity index (χ4v) is 5.17. The summed E-state index contributed by atoms with van der Waals surface area (Å²) in [6.45, 7) is 8.54. The van der Waals surface area contributed by atoms with Crippen LogP contribution in [0.3, 0.4) is 0 Å². The van der Waals surface area contributed by atoms with Gasteiger partial charge in [-0.25, -0.2) is 0 Å². The number of ketones is 1. The number of phenols is 2. The number of Topliss-reactive ketones (excluding diaryl/α,β-unsaturated/α-hetero) is 1. The number of ether oxygens (including phenoxy) is 2. The number of aromatic nitrogens is 1. The largest absolute Gasteiger partial charge is 0.508 e. The van der Waals surface area contributed by atoms with Crippen molar-refractivity contribution < 1.29 is 24.5 Å². The number of hydrogen-bond donors (Lipinski definition) is 2. The summed E-state index contributed by atoms with van der Waals surface area (Å²) in [7, 11) is 3.81. The molecule has 0 atom stereocenters. The molecule has 36 heavy (non-hydrogen) atoms. The quantitative estimate of drug-likeness (QED) is 0.381. The van der Waals surface area contributed by atoms with Crippen molar-refractivity contribution in [2.75, 3.05) is 46.9 Å². The van der Waals surface area contributed by atoms with Crippen molar-refractivity contribution in [3.63, 3.8) is 0 Å². The van der Waals surface area contributed by atoms with Crippen LogP contribution in [0.15, 0.2) is 36.1 Å². The van der Waals surface area contributed by atoms with Crippen LogP contribution >= 0.6 is 0 Å². The fraction of sp³-hybridized carbons (Fsp3) is 0.393. The minimum atomic E-state index is -0.405. The van der Waals surface area contributed by atoms with E-state index in [1.807, 2.05) is 12.1 Å². The van der Waals surface area contributed by atoms with Crippen LogP contribution in [0.5, 0.6) is 23.0 Å². The Bertz CT molecular complexity index is 1330. The predicted molar refractivity (Wildman–Crippen MR) is 139 cm³/mol. The summed E-state index contributed by atoms with van der Waals surface area (Å²) in [5, 5.41) is 20.9. The first-order valence-corrected chi connectivity index (χ1v) is 12.4. The molecule has 0 radical (unpaired) electrons. The molecule has 8 nitrogen and oxygen atoms in total. The van der Waals surface area contributed by atoms with Crippen LogP contribution in [0.1, 0.15) is 34.5 Å². The van der Waals surface area contributed by atoms with Crippen molar-refractivity contribution in [2.45, 2.75) is 26.3 Å². The van der Waals surface area contributed by atoms with E-state index in [4.69, 9.17) is 9.47 Å². The molecule has 2 aliphatic heterocycles. The van der Waals surface area contributed by atoms with Crippen LogP contribution < -0.4 is 9.47 Å². The molecule has 2 aliphatic rings. The average Bonchev–Trinajstić information content (AvgIpc) is 3.31. The molecule has 8 heteroatoms. The van der Waals surface area contributed by atoms with Crippen LogP contribution in [-0.2, 0) is 6.54 Å². The van der Waals surface area contributed by atoms with Crippen molar-refractivity contribution in [2.24, 2.45) is 0 Å². The number of rotatable bonds is 7. The number of carbonyl (C=O) groups is 1. The van der Waals surface area contributed by atoms with Crippen LogP contribution in [0, 0.1) is 6.92 Å². The first kappa shape index (κ1) is 24.2. The maximum Gasteiger partial charge on any atom is 0.235 e. The average molecular weight is 492 g/mol. The van der Waals surface area contributed by atoms with Crippen molar-refractivity contribution in [1.29, 1.82) is 0 Å². The van der Waals surface area contributed by atoms with Gasteiger partial charge < -0.3 is 34.1 Å². The number of benzene rings is 2. The van der Waals surface area contributed by atoms with E-state index in [2.05, 4.69) is 34.4 Å². The molecule has 3 heterocycles. The van der Waals surface area contributed by atoms with Gasteiger partial charge in [0.1, 0.15) is 28.6 Å². The van der Waals surface area contributed by atoms with E-state index in [-0.39, 0.29) is 28.6 Å². The van der Waals surface area contributed by atoms with Gasteiger partial charge in [-0.3, -0.25) is 4.79 Å². The van der Waals surface area contributed by atoms with Crippen LogP contribution in [-0.4, -0.2) is 77.2 Å². The Labute approximate surface area is 210 Å². The summed E-state index contributed by atoms with van der Waals surface area (Å²) in [5.74, 6) is 0.156. The number of aryl methyl sites for hydroxylation is 1. The summed E-state index contributed by atoms with van der Waals surface area (Å²) in [4.78, 5) is 17.9. The van der Waals surface area contributed by atoms with Crippen molar-refractivity contribution in [3.05, 3.63) is 52.9 Å². The molecule has 0 bridgehead atoms. The maximum absolute atomic E-state index is 13.0. The van der Waals surface area contributed by atoms with E-state index >= 15 is 0 Å². The fourth-order valence-electron chi connectivity index (χ4n) is 5.17. The first-order valence-electron chi connectivity index (χ1n) is 12.4. The molecule has 1 fully saturated rings. The van der Waals surface area contributed by atoms with Gasteiger partial charge >= 0.3 is 0 Å². The Balaban J connectivity index is 1.41. The van der Waals surface area contributed by atoms with E-state index in [9.17, 15) is 15.0 Å². The van der Waals surface area contributed by atoms with Gasteiger partial charge in [0.05, 0.1) is 7.11 Å². The Hall–Kier alpha value is -3.49. The second-order valence-electron chi connectivity index (χ2n) is 9.66. The molecule has 1 saturated heterocycles. The molecular formula is C28H33N3O5. The van der Waals surface area contributed by atoms with Crippen LogP contribution in [0.25, 0.3) is 17.0 Å². The molecule has 3 aromatic rings. The highest BCUT2D eigenvalue weighted by Crippen LogP contribution is 2.41. The zero-order valence-electron chi connectivity index (χ0n) is 21.1. The number of allylic oxidation sites excluding steroid dienone is 1. The third-order valence-electron chi connectivity index (χ3n) is 7.29. The normalized spacial score (nSPS) is 17.6. The van der Waals surface area contributed by atoms with Gasteiger partial charge in [-0.2, -0.15) is 0 Å². The maximum atomic E-state index is 13.0. The minimum absolute atomic E-state index is 0.0712. The highest BCUT2D eigenvalue weighted by molar-refractivity contribution is 6.17. The minimum Gasteiger partial charge on any atom is -0.508 e. The van der Waals surface area contributed by atoms with E-state index in [1.165, 1.54) is 6.07 Å². The second-order valence-corrected chi connectivity index (χ2v) is 9.66. The monoisotopic (exact) mass is 491 g/mol. The molecule has 5 rings (SSSR count). The van der Waals surface area contributed by atoms with Crippen molar-refractivity contribution >= 4 is 22.8 Å². The Morgan fingerprint density at radius 2 is 1.81 bits per heavy atom. The lowest BCUT2D eigenvalue weighted by Gasteiger charge is -2.32. The number of carbonyl (C=O) groups excluding carboxylic acids is 1. The number of phenolic OH excluding ortho intramolecular Hbond substituents is 2.